The molecule has 0 aliphatic carbocycles. The van der Waals surface area contributed by atoms with Crippen LogP contribution in [0.1, 0.15) is 29.0 Å². The highest BCUT2D eigenvalue weighted by Crippen LogP contribution is 2.27. The molecule has 0 radical (unpaired) electrons. The van der Waals surface area contributed by atoms with Gasteiger partial charge in [0.15, 0.2) is 0 Å². The summed E-state index contributed by atoms with van der Waals surface area (Å²) in [4.78, 5) is 37.4. The van der Waals surface area contributed by atoms with Gasteiger partial charge >= 0.3 is 5.97 Å². The summed E-state index contributed by atoms with van der Waals surface area (Å²) in [7, 11) is 0. The molecule has 2 N–H and O–H groups in total. The Morgan fingerprint density at radius 2 is 1.94 bits per heavy atom. The zero-order chi connectivity index (χ0) is 11.9. The van der Waals surface area contributed by atoms with E-state index in [2.05, 4.69) is 4.98 Å². The number of anilines is 1. The lowest BCUT2D eigenvalue weighted by Gasteiger charge is -2.12. The van der Waals surface area contributed by atoms with Crippen LogP contribution in [0, 0.1) is 6.92 Å². The summed E-state index contributed by atoms with van der Waals surface area (Å²) in [6.45, 7) is 1.67. The molecule has 0 saturated carbocycles. The third-order valence-electron chi connectivity index (χ3n) is 2.44. The highest BCUT2D eigenvalue weighted by atomic mass is 16.4. The number of carbonyl (C=O) groups is 3. The summed E-state index contributed by atoms with van der Waals surface area (Å²) in [6.07, 6.45) is 0.282. The number of aromatic carboxylic acids is 1. The number of aryl methyl sites for hydroxylation is 1. The first kappa shape index (κ1) is 10.4. The lowest BCUT2D eigenvalue weighted by molar-refractivity contribution is -0.121. The maximum atomic E-state index is 11.5. The van der Waals surface area contributed by atoms with Crippen LogP contribution in [-0.2, 0) is 9.59 Å². The number of hydrogen-bond acceptors (Lipinski definition) is 3. The van der Waals surface area contributed by atoms with Crippen LogP contribution in [0.2, 0.25) is 0 Å². The van der Waals surface area contributed by atoms with Crippen molar-refractivity contribution in [2.24, 2.45) is 0 Å². The second-order valence-electron chi connectivity index (χ2n) is 3.64. The molecular formula is C10H10N2O4. The van der Waals surface area contributed by atoms with E-state index in [1.54, 1.807) is 6.92 Å². The van der Waals surface area contributed by atoms with Crippen LogP contribution < -0.4 is 4.90 Å². The first-order chi connectivity index (χ1) is 7.50. The van der Waals surface area contributed by atoms with E-state index in [9.17, 15) is 14.4 Å². The molecule has 0 bridgehead atoms. The monoisotopic (exact) mass is 222 g/mol. The molecule has 84 valence electrons. The van der Waals surface area contributed by atoms with Crippen LogP contribution >= 0.6 is 0 Å². The lowest BCUT2D eigenvalue weighted by Crippen LogP contribution is -2.29. The molecule has 6 nitrogen and oxygen atoms in total. The molecule has 0 aromatic carbocycles. The molecule has 0 unspecified atom stereocenters. The van der Waals surface area contributed by atoms with Crippen molar-refractivity contribution < 1.29 is 19.5 Å². The number of aromatic nitrogens is 1. The molecule has 1 aromatic heterocycles. The summed E-state index contributed by atoms with van der Waals surface area (Å²) in [6, 6.07) is 1.49. The fourth-order valence-corrected chi connectivity index (χ4v) is 1.76. The second-order valence-corrected chi connectivity index (χ2v) is 3.64. The minimum atomic E-state index is -1.18. The van der Waals surface area contributed by atoms with Crippen molar-refractivity contribution in [1.29, 1.82) is 0 Å². The van der Waals surface area contributed by atoms with Crippen molar-refractivity contribution in [1.82, 2.24) is 4.98 Å². The van der Waals surface area contributed by atoms with Gasteiger partial charge in [-0.1, -0.05) is 0 Å². The molecule has 0 spiro atoms. The maximum absolute atomic E-state index is 11.5. The van der Waals surface area contributed by atoms with Crippen LogP contribution in [0.3, 0.4) is 0 Å². The Hall–Kier alpha value is -2.11. The quantitative estimate of drug-likeness (QED) is 0.719. The van der Waals surface area contributed by atoms with Crippen LogP contribution in [0.15, 0.2) is 6.07 Å². The van der Waals surface area contributed by atoms with E-state index in [4.69, 9.17) is 5.11 Å². The number of carbonyl (C=O) groups excluding carboxylic acids is 2. The SMILES string of the molecule is Cc1cc(N2C(=O)CCC2=O)c(C(=O)O)[nH]1. The van der Waals surface area contributed by atoms with Crippen LogP contribution in [0.5, 0.6) is 0 Å². The Balaban J connectivity index is 2.50. The minimum absolute atomic E-state index is 0.124. The number of imide groups is 1. The van der Waals surface area contributed by atoms with Gasteiger partial charge in [-0.15, -0.1) is 0 Å². The van der Waals surface area contributed by atoms with Crippen molar-refractivity contribution in [2.45, 2.75) is 19.8 Å². The van der Waals surface area contributed by atoms with E-state index in [0.29, 0.717) is 5.69 Å². The van der Waals surface area contributed by atoms with E-state index < -0.39 is 5.97 Å². The van der Waals surface area contributed by atoms with Gasteiger partial charge in [0.05, 0.1) is 5.69 Å². The molecule has 2 rings (SSSR count). The Morgan fingerprint density at radius 1 is 1.38 bits per heavy atom. The smallest absolute Gasteiger partial charge is 0.354 e. The predicted molar refractivity (Wildman–Crippen MR) is 54.2 cm³/mol. The topological polar surface area (TPSA) is 90.5 Å². The molecular weight excluding hydrogens is 212 g/mol. The van der Waals surface area contributed by atoms with Crippen molar-refractivity contribution in [3.63, 3.8) is 0 Å². The Labute approximate surface area is 90.9 Å². The number of rotatable bonds is 2. The molecule has 16 heavy (non-hydrogen) atoms. The number of nitrogens with one attached hydrogen (secondary N) is 1. The Kier molecular flexibility index (Phi) is 2.26. The third-order valence-corrected chi connectivity index (χ3v) is 2.44. The number of H-pyrrole nitrogens is 1. The summed E-state index contributed by atoms with van der Waals surface area (Å²) in [5, 5.41) is 8.93. The van der Waals surface area contributed by atoms with Gasteiger partial charge in [-0.2, -0.15) is 0 Å². The molecule has 1 aliphatic heterocycles. The van der Waals surface area contributed by atoms with Gasteiger partial charge in [0, 0.05) is 18.5 Å². The van der Waals surface area contributed by atoms with E-state index in [1.165, 1.54) is 6.07 Å². The van der Waals surface area contributed by atoms with Gasteiger partial charge in [-0.05, 0) is 13.0 Å². The lowest BCUT2D eigenvalue weighted by atomic mass is 10.3. The second kappa shape index (κ2) is 3.48. The number of amides is 2. The summed E-state index contributed by atoms with van der Waals surface area (Å²) in [5.74, 6) is -1.89. The third kappa shape index (κ3) is 1.48. The fourth-order valence-electron chi connectivity index (χ4n) is 1.76. The van der Waals surface area contributed by atoms with Gasteiger partial charge in [0.25, 0.3) is 0 Å². The van der Waals surface area contributed by atoms with Gasteiger partial charge in [0.1, 0.15) is 5.69 Å². The first-order valence-electron chi connectivity index (χ1n) is 4.79. The first-order valence-corrected chi connectivity index (χ1v) is 4.79. The maximum Gasteiger partial charge on any atom is 0.354 e. The zero-order valence-electron chi connectivity index (χ0n) is 8.61. The molecule has 1 aromatic rings. The van der Waals surface area contributed by atoms with Crippen molar-refractivity contribution in [3.8, 4) is 0 Å². The molecule has 1 saturated heterocycles. The zero-order valence-corrected chi connectivity index (χ0v) is 8.61. The number of carboxylic acids is 1. The highest BCUT2D eigenvalue weighted by molar-refractivity contribution is 6.21. The van der Waals surface area contributed by atoms with Crippen molar-refractivity contribution in [3.05, 3.63) is 17.5 Å². The predicted octanol–water partition coefficient (Wildman–Crippen LogP) is 0.675. The molecule has 1 aliphatic rings. The molecule has 6 heteroatoms. The van der Waals surface area contributed by atoms with Crippen LogP contribution in [0.25, 0.3) is 0 Å². The Morgan fingerprint density at radius 3 is 2.44 bits per heavy atom. The number of nitrogens with zero attached hydrogens (tertiary/aromatic N) is 1. The largest absolute Gasteiger partial charge is 0.477 e. The average molecular weight is 222 g/mol. The van der Waals surface area contributed by atoms with Gasteiger partial charge in [0.2, 0.25) is 11.8 Å². The van der Waals surface area contributed by atoms with E-state index in [1.807, 2.05) is 0 Å². The molecule has 2 amide bonds. The van der Waals surface area contributed by atoms with E-state index in [-0.39, 0.29) is 36.0 Å². The average Bonchev–Trinajstić information content (AvgIpc) is 2.70. The fraction of sp³-hybridized carbons (Fsp3) is 0.300. The molecule has 2 heterocycles. The number of aromatic amines is 1. The van der Waals surface area contributed by atoms with Crippen molar-refractivity contribution in [2.75, 3.05) is 4.90 Å². The van der Waals surface area contributed by atoms with Gasteiger partial charge in [-0.25, -0.2) is 9.69 Å². The highest BCUT2D eigenvalue weighted by Gasteiger charge is 2.33. The number of carboxylic acid groups (broad SMARTS) is 1. The standard InChI is InChI=1S/C10H10N2O4/c1-5-4-6(9(11-5)10(15)16)12-7(13)2-3-8(12)14/h4,11H,2-3H2,1H3,(H,15,16). The van der Waals surface area contributed by atoms with Crippen LogP contribution in [0.4, 0.5) is 5.69 Å². The number of hydrogen-bond donors (Lipinski definition) is 2. The van der Waals surface area contributed by atoms with Crippen molar-refractivity contribution >= 4 is 23.5 Å². The van der Waals surface area contributed by atoms with Gasteiger partial charge in [-0.3, -0.25) is 9.59 Å². The summed E-state index contributed by atoms with van der Waals surface area (Å²) >= 11 is 0. The van der Waals surface area contributed by atoms with Gasteiger partial charge < -0.3 is 10.1 Å². The molecule has 0 atom stereocenters. The normalized spacial score (nSPS) is 15.9. The minimum Gasteiger partial charge on any atom is -0.477 e. The molecule has 1 fully saturated rings. The Bertz CT molecular complexity index is 473. The summed E-state index contributed by atoms with van der Waals surface area (Å²) < 4.78 is 0. The van der Waals surface area contributed by atoms with E-state index >= 15 is 0 Å². The summed E-state index contributed by atoms with van der Waals surface area (Å²) in [5.41, 5.74) is 0.610. The van der Waals surface area contributed by atoms with Crippen LogP contribution in [-0.4, -0.2) is 27.9 Å². The van der Waals surface area contributed by atoms with E-state index in [0.717, 1.165) is 4.90 Å².